The lowest BCUT2D eigenvalue weighted by molar-refractivity contribution is 0.573. The summed E-state index contributed by atoms with van der Waals surface area (Å²) in [6.07, 6.45) is 5.67. The Labute approximate surface area is 138 Å². The minimum absolute atomic E-state index is 0.134. The van der Waals surface area contributed by atoms with E-state index in [1.54, 1.807) is 6.07 Å². The molecule has 2 unspecified atom stereocenters. The number of sulfonamides is 1. The van der Waals surface area contributed by atoms with Crippen molar-refractivity contribution >= 4 is 37.3 Å². The van der Waals surface area contributed by atoms with Gasteiger partial charge in [0.2, 0.25) is 10.0 Å². The van der Waals surface area contributed by atoms with Gasteiger partial charge in [0.1, 0.15) is 4.90 Å². The van der Waals surface area contributed by atoms with Crippen molar-refractivity contribution in [1.29, 1.82) is 0 Å². The van der Waals surface area contributed by atoms with Gasteiger partial charge in [-0.1, -0.05) is 13.3 Å². The normalized spacial score (nSPS) is 25.2. The number of hydrogen-bond acceptors (Lipinski definition) is 4. The molecule has 0 amide bonds. The van der Waals surface area contributed by atoms with Crippen LogP contribution in [0.1, 0.15) is 43.9 Å². The highest BCUT2D eigenvalue weighted by Gasteiger charge is 2.39. The summed E-state index contributed by atoms with van der Waals surface area (Å²) in [5.74, 6) is 0.526. The molecule has 21 heavy (non-hydrogen) atoms. The van der Waals surface area contributed by atoms with Crippen LogP contribution in [0.5, 0.6) is 0 Å². The van der Waals surface area contributed by atoms with Gasteiger partial charge in [-0.25, -0.2) is 13.1 Å². The van der Waals surface area contributed by atoms with E-state index >= 15 is 0 Å². The van der Waals surface area contributed by atoms with Gasteiger partial charge in [-0.15, -0.1) is 11.3 Å². The summed E-state index contributed by atoms with van der Waals surface area (Å²) in [6, 6.07) is 2.56. The van der Waals surface area contributed by atoms with E-state index < -0.39 is 10.0 Å². The molecule has 3 rings (SSSR count). The van der Waals surface area contributed by atoms with Crippen LogP contribution in [0.2, 0.25) is 0 Å². The minimum Gasteiger partial charge on any atom is -0.309 e. The molecule has 2 N–H and O–H groups in total. The predicted molar refractivity (Wildman–Crippen MR) is 89.0 cm³/mol. The molecule has 0 radical (unpaired) electrons. The molecule has 1 aromatic heterocycles. The second kappa shape index (κ2) is 6.28. The highest BCUT2D eigenvalue weighted by Crippen LogP contribution is 2.38. The summed E-state index contributed by atoms with van der Waals surface area (Å²) >= 11 is 4.91. The average molecular weight is 393 g/mol. The van der Waals surface area contributed by atoms with Crippen LogP contribution >= 0.6 is 27.3 Å². The van der Waals surface area contributed by atoms with Gasteiger partial charge in [0, 0.05) is 23.5 Å². The molecule has 0 saturated heterocycles. The van der Waals surface area contributed by atoms with Crippen LogP contribution in [-0.2, 0) is 16.6 Å². The summed E-state index contributed by atoms with van der Waals surface area (Å²) in [4.78, 5) is 1.46. The molecular weight excluding hydrogens is 372 g/mol. The van der Waals surface area contributed by atoms with Crippen LogP contribution in [0.3, 0.4) is 0 Å². The first kappa shape index (κ1) is 15.9. The van der Waals surface area contributed by atoms with Gasteiger partial charge in [-0.05, 0) is 53.6 Å². The molecule has 2 saturated carbocycles. The molecule has 0 bridgehead atoms. The van der Waals surface area contributed by atoms with Crippen LogP contribution in [-0.4, -0.2) is 20.5 Å². The average Bonchev–Trinajstić information content (AvgIpc) is 3.31. The topological polar surface area (TPSA) is 58.2 Å². The van der Waals surface area contributed by atoms with Crippen molar-refractivity contribution in [2.75, 3.05) is 0 Å². The molecule has 1 heterocycles. The molecule has 1 aromatic rings. The maximum atomic E-state index is 12.5. The van der Waals surface area contributed by atoms with E-state index in [1.807, 2.05) is 0 Å². The Morgan fingerprint density at radius 3 is 2.86 bits per heavy atom. The van der Waals surface area contributed by atoms with E-state index in [4.69, 9.17) is 0 Å². The minimum atomic E-state index is -3.40. The van der Waals surface area contributed by atoms with E-state index in [2.05, 4.69) is 32.9 Å². The first-order valence-corrected chi connectivity index (χ1v) is 10.6. The molecule has 118 valence electrons. The Morgan fingerprint density at radius 1 is 1.43 bits per heavy atom. The maximum absolute atomic E-state index is 12.5. The van der Waals surface area contributed by atoms with Crippen molar-refractivity contribution in [3.63, 3.8) is 0 Å². The van der Waals surface area contributed by atoms with Crippen molar-refractivity contribution in [2.24, 2.45) is 5.92 Å². The lowest BCUT2D eigenvalue weighted by atomic mass is 10.2. The summed E-state index contributed by atoms with van der Waals surface area (Å²) in [6.45, 7) is 2.89. The monoisotopic (exact) mass is 392 g/mol. The summed E-state index contributed by atoms with van der Waals surface area (Å²) in [5.41, 5.74) is 0. The van der Waals surface area contributed by atoms with Crippen LogP contribution in [0, 0.1) is 5.92 Å². The van der Waals surface area contributed by atoms with Crippen molar-refractivity contribution < 1.29 is 8.42 Å². The number of hydrogen-bond donors (Lipinski definition) is 2. The largest absolute Gasteiger partial charge is 0.309 e. The second-order valence-corrected chi connectivity index (χ2v) is 10.2. The van der Waals surface area contributed by atoms with Crippen LogP contribution in [0.15, 0.2) is 14.7 Å². The Kier molecular flexibility index (Phi) is 4.76. The van der Waals surface area contributed by atoms with Crippen molar-refractivity contribution in [1.82, 2.24) is 10.0 Å². The van der Waals surface area contributed by atoms with E-state index in [-0.39, 0.29) is 6.04 Å². The first-order chi connectivity index (χ1) is 9.99. The summed E-state index contributed by atoms with van der Waals surface area (Å²) in [7, 11) is -3.40. The Balaban J connectivity index is 1.64. The number of nitrogens with one attached hydrogen (secondary N) is 2. The van der Waals surface area contributed by atoms with Crippen LogP contribution in [0.25, 0.3) is 0 Å². The zero-order valence-electron chi connectivity index (χ0n) is 12.1. The van der Waals surface area contributed by atoms with Crippen LogP contribution < -0.4 is 10.0 Å². The molecule has 0 spiro atoms. The van der Waals surface area contributed by atoms with Crippen molar-refractivity contribution in [3.05, 3.63) is 14.7 Å². The second-order valence-electron chi connectivity index (χ2n) is 6.02. The molecular formula is C14H21BrN2O2S2. The zero-order chi connectivity index (χ0) is 15.0. The predicted octanol–water partition coefficient (Wildman–Crippen LogP) is 3.23. The third-order valence-corrected chi connectivity index (χ3v) is 7.77. The molecule has 2 aliphatic rings. The molecule has 0 aliphatic heterocycles. The molecule has 2 atom stereocenters. The highest BCUT2D eigenvalue weighted by atomic mass is 79.9. The fraction of sp³-hybridized carbons (Fsp3) is 0.714. The van der Waals surface area contributed by atoms with Gasteiger partial charge >= 0.3 is 0 Å². The SMILES string of the molecule is CCCC1CC1NS(=O)(=O)c1cc(CNC2CC2)sc1Br. The van der Waals surface area contributed by atoms with Gasteiger partial charge in [0.25, 0.3) is 0 Å². The molecule has 2 fully saturated rings. The Morgan fingerprint density at radius 2 is 2.19 bits per heavy atom. The Hall–Kier alpha value is 0.0500. The fourth-order valence-electron chi connectivity index (χ4n) is 2.55. The fourth-order valence-corrected chi connectivity index (χ4v) is 6.50. The summed E-state index contributed by atoms with van der Waals surface area (Å²) < 4.78 is 28.5. The van der Waals surface area contributed by atoms with Gasteiger partial charge in [0.05, 0.1) is 3.79 Å². The van der Waals surface area contributed by atoms with E-state index in [0.717, 1.165) is 30.7 Å². The van der Waals surface area contributed by atoms with Gasteiger partial charge in [-0.3, -0.25) is 0 Å². The standard InChI is InChI=1S/C14H21BrN2O2S2/c1-2-3-9-6-12(9)17-21(18,19)13-7-11(20-14(13)15)8-16-10-4-5-10/h7,9-10,12,16-17H,2-6,8H2,1H3. The summed E-state index contributed by atoms with van der Waals surface area (Å²) in [5, 5.41) is 3.42. The van der Waals surface area contributed by atoms with Gasteiger partial charge < -0.3 is 5.32 Å². The van der Waals surface area contributed by atoms with E-state index in [1.165, 1.54) is 24.2 Å². The van der Waals surface area contributed by atoms with E-state index in [9.17, 15) is 8.42 Å². The number of halogens is 1. The molecule has 2 aliphatic carbocycles. The van der Waals surface area contributed by atoms with E-state index in [0.29, 0.717) is 20.6 Å². The lowest BCUT2D eigenvalue weighted by Crippen LogP contribution is -2.27. The van der Waals surface area contributed by atoms with Crippen molar-refractivity contribution in [3.8, 4) is 0 Å². The quantitative estimate of drug-likeness (QED) is 0.713. The highest BCUT2D eigenvalue weighted by molar-refractivity contribution is 9.11. The van der Waals surface area contributed by atoms with Gasteiger partial charge in [-0.2, -0.15) is 0 Å². The molecule has 0 aromatic carbocycles. The third-order valence-electron chi connectivity index (χ3n) is 4.03. The third kappa shape index (κ3) is 4.07. The molecule has 7 heteroatoms. The maximum Gasteiger partial charge on any atom is 0.242 e. The van der Waals surface area contributed by atoms with Gasteiger partial charge in [0.15, 0.2) is 0 Å². The van der Waals surface area contributed by atoms with Crippen molar-refractivity contribution in [2.45, 2.75) is 62.6 Å². The van der Waals surface area contributed by atoms with Crippen LogP contribution in [0.4, 0.5) is 0 Å². The zero-order valence-corrected chi connectivity index (χ0v) is 15.3. The Bertz CT molecular complexity index is 610. The lowest BCUT2D eigenvalue weighted by Gasteiger charge is -2.05. The molecule has 4 nitrogen and oxygen atoms in total. The first-order valence-electron chi connectivity index (χ1n) is 7.53. The number of rotatable bonds is 8. The smallest absolute Gasteiger partial charge is 0.242 e. The number of thiophene rings is 1.